The van der Waals surface area contributed by atoms with Crippen molar-refractivity contribution in [2.24, 2.45) is 0 Å². The van der Waals surface area contributed by atoms with E-state index in [2.05, 4.69) is 10.3 Å². The first-order valence-electron chi connectivity index (χ1n) is 13.9. The maximum atomic E-state index is 14.4. The fourth-order valence-electron chi connectivity index (χ4n) is 5.62. The van der Waals surface area contributed by atoms with Crippen LogP contribution in [0.2, 0.25) is 0 Å². The van der Waals surface area contributed by atoms with Gasteiger partial charge in [0.15, 0.2) is 6.19 Å². The number of nitrogens with one attached hydrogen (secondary N) is 1. The fraction of sp³-hybridized carbons (Fsp3) is 0.500. The smallest absolute Gasteiger partial charge is 0.310 e. The lowest BCUT2D eigenvalue weighted by atomic mass is 9.91. The number of benzene rings is 1. The predicted octanol–water partition coefficient (Wildman–Crippen LogP) is 6.14. The van der Waals surface area contributed by atoms with Crippen LogP contribution < -0.4 is 15.1 Å². The Kier molecular flexibility index (Phi) is 8.74. The lowest BCUT2D eigenvalue weighted by molar-refractivity contribution is -0.129. The molecule has 2 aromatic rings. The van der Waals surface area contributed by atoms with Crippen LogP contribution in [0.1, 0.15) is 43.7 Å². The Morgan fingerprint density at radius 1 is 1.11 bits per heavy atom. The number of methoxy groups -OCH3 is 1. The molecule has 2 aliphatic rings. The second-order valence-electron chi connectivity index (χ2n) is 11.4. The molecule has 4 rings (SSSR count). The molecule has 1 unspecified atom stereocenters. The minimum atomic E-state index is -10.1. The molecule has 1 aromatic carbocycles. The quantitative estimate of drug-likeness (QED) is 0.253. The van der Waals surface area contributed by atoms with E-state index in [0.29, 0.717) is 17.8 Å². The van der Waals surface area contributed by atoms with E-state index in [1.165, 1.54) is 25.6 Å². The van der Waals surface area contributed by atoms with E-state index < -0.39 is 69.9 Å². The van der Waals surface area contributed by atoms with Crippen LogP contribution in [0.3, 0.4) is 0 Å². The van der Waals surface area contributed by atoms with Gasteiger partial charge in [-0.2, -0.15) is 5.26 Å². The summed E-state index contributed by atoms with van der Waals surface area (Å²) < 4.78 is 101. The second kappa shape index (κ2) is 11.5. The molecule has 1 aromatic heterocycles. The number of carbonyl (C=O) groups is 2. The Labute approximate surface area is 255 Å². The maximum absolute atomic E-state index is 14.4. The third-order valence-electron chi connectivity index (χ3n) is 7.98. The molecule has 0 spiro atoms. The van der Waals surface area contributed by atoms with E-state index >= 15 is 0 Å². The van der Waals surface area contributed by atoms with Gasteiger partial charge in [0.25, 0.3) is 5.91 Å². The molecule has 1 saturated carbocycles. The van der Waals surface area contributed by atoms with Crippen molar-refractivity contribution < 1.29 is 42.5 Å². The van der Waals surface area contributed by atoms with Crippen molar-refractivity contribution in [1.82, 2.24) is 15.2 Å². The fourth-order valence-corrected chi connectivity index (χ4v) is 6.27. The van der Waals surface area contributed by atoms with Crippen LogP contribution in [-0.2, 0) is 14.3 Å². The van der Waals surface area contributed by atoms with Crippen LogP contribution in [0.4, 0.5) is 39.6 Å². The number of aromatic nitrogens is 1. The summed E-state index contributed by atoms with van der Waals surface area (Å²) in [5.41, 5.74) is 0.129. The van der Waals surface area contributed by atoms with Gasteiger partial charge >= 0.3 is 10.2 Å². The van der Waals surface area contributed by atoms with E-state index in [-0.39, 0.29) is 49.2 Å². The van der Waals surface area contributed by atoms with Crippen molar-refractivity contribution in [1.29, 1.82) is 5.26 Å². The number of likely N-dealkylation sites (tertiary alicyclic amines) is 1. The van der Waals surface area contributed by atoms with Gasteiger partial charge in [-0.25, -0.2) is 8.78 Å². The van der Waals surface area contributed by atoms with Crippen molar-refractivity contribution in [3.8, 4) is 6.19 Å². The normalized spacial score (nSPS) is 22.5. The van der Waals surface area contributed by atoms with Crippen LogP contribution >= 0.6 is 10.2 Å². The molecule has 248 valence electrons. The number of hydrogen-bond acceptors (Lipinski definition) is 7. The molecule has 45 heavy (non-hydrogen) atoms. The number of hydrogen-bond donors (Lipinski definition) is 1. The summed E-state index contributed by atoms with van der Waals surface area (Å²) >= 11 is 0. The molecule has 3 atom stereocenters. The van der Waals surface area contributed by atoms with Crippen LogP contribution in [0.15, 0.2) is 47.6 Å². The molecule has 1 aliphatic carbocycles. The number of rotatable bonds is 9. The second-order valence-corrected chi connectivity index (χ2v) is 13.8. The summed E-state index contributed by atoms with van der Waals surface area (Å²) in [5.74, 6) is -4.67. The van der Waals surface area contributed by atoms with E-state index in [0.717, 1.165) is 9.80 Å². The highest BCUT2D eigenvalue weighted by Crippen LogP contribution is 3.02. The lowest BCUT2D eigenvalue weighted by Crippen LogP contribution is -2.52. The van der Waals surface area contributed by atoms with E-state index in [1.54, 1.807) is 19.0 Å². The maximum Gasteiger partial charge on any atom is 0.310 e. The first kappa shape index (κ1) is 34.1. The molecule has 1 saturated heterocycles. The molecule has 0 bridgehead atoms. The molecular formula is C28H33F7N6O3S. The Balaban J connectivity index is 1.88. The summed E-state index contributed by atoms with van der Waals surface area (Å²) in [4.78, 5) is 33.9. The van der Waals surface area contributed by atoms with Crippen molar-refractivity contribution in [2.75, 3.05) is 37.5 Å². The topological polar surface area (TPSA) is 102 Å². The molecule has 0 radical (unpaired) electrons. The van der Waals surface area contributed by atoms with Crippen molar-refractivity contribution in [3.63, 3.8) is 0 Å². The highest BCUT2D eigenvalue weighted by atomic mass is 32.5. The molecule has 2 amide bonds. The van der Waals surface area contributed by atoms with Gasteiger partial charge in [-0.15, -0.1) is 0 Å². The van der Waals surface area contributed by atoms with Gasteiger partial charge in [-0.3, -0.25) is 24.4 Å². The summed E-state index contributed by atoms with van der Waals surface area (Å²) in [6.45, 7) is 0.00336. The summed E-state index contributed by atoms with van der Waals surface area (Å²) in [7, 11) is -5.48. The Morgan fingerprint density at radius 2 is 1.73 bits per heavy atom. The molecule has 9 nitrogen and oxygen atoms in total. The Morgan fingerprint density at radius 3 is 2.27 bits per heavy atom. The predicted molar refractivity (Wildman–Crippen MR) is 153 cm³/mol. The van der Waals surface area contributed by atoms with Gasteiger partial charge in [0, 0.05) is 75.8 Å². The molecule has 17 heteroatoms. The molecule has 2 fully saturated rings. The van der Waals surface area contributed by atoms with Crippen molar-refractivity contribution >= 4 is 33.4 Å². The number of amides is 2. The molecule has 2 heterocycles. The number of nitrogens with zero attached hydrogens (tertiary/aromatic N) is 5. The molecule has 1 aliphatic heterocycles. The number of nitriles is 1. The van der Waals surface area contributed by atoms with Gasteiger partial charge < -0.3 is 15.0 Å². The standard InChI is InChI=1S/C28H33F7N6O3S/c1-39(2)23-10-13-37-15-22(23)25(26(42)38-18-8-11-28(29,30)12-9-18)41(27(43)24-14-20(44-3)16-40(24)17-36)19-4-6-21(7-5-19)45(31,32,33,34)35/h4-7,10,13,15,18,20,24-25H,8-9,11-12,14,16H2,1-3H3,(H,38,42)/t20-,24-,25?/m1/s1. The Hall–Kier alpha value is -3.78. The van der Waals surface area contributed by atoms with Crippen LogP contribution in [0.25, 0.3) is 0 Å². The Bertz CT molecular complexity index is 1460. The number of ether oxygens (including phenoxy) is 1. The number of anilines is 2. The summed E-state index contributed by atoms with van der Waals surface area (Å²) in [6, 6.07) is -0.547. The highest BCUT2D eigenvalue weighted by molar-refractivity contribution is 8.45. The third kappa shape index (κ3) is 7.72. The van der Waals surface area contributed by atoms with E-state index in [9.17, 15) is 43.1 Å². The monoisotopic (exact) mass is 666 g/mol. The zero-order chi connectivity index (χ0) is 33.4. The first-order valence-corrected chi connectivity index (χ1v) is 15.9. The van der Waals surface area contributed by atoms with Crippen LogP contribution in [0, 0.1) is 11.5 Å². The lowest BCUT2D eigenvalue weighted by Gasteiger charge is -2.41. The largest absolute Gasteiger partial charge is 0.379 e. The molecule has 1 N–H and O–H groups in total. The number of alkyl halides is 2. The van der Waals surface area contributed by atoms with Gasteiger partial charge in [-0.05, 0) is 43.2 Å². The van der Waals surface area contributed by atoms with Gasteiger partial charge in [0.1, 0.15) is 17.0 Å². The summed E-state index contributed by atoms with van der Waals surface area (Å²) in [6.07, 6.45) is 2.82. The number of carbonyl (C=O) groups excluding carboxylic acids is 2. The van der Waals surface area contributed by atoms with E-state index in [1.807, 2.05) is 6.19 Å². The minimum Gasteiger partial charge on any atom is -0.379 e. The van der Waals surface area contributed by atoms with Gasteiger partial charge in [-0.1, -0.05) is 19.4 Å². The zero-order valence-corrected chi connectivity index (χ0v) is 25.4. The average molecular weight is 667 g/mol. The van der Waals surface area contributed by atoms with Gasteiger partial charge in [0.2, 0.25) is 11.8 Å². The summed E-state index contributed by atoms with van der Waals surface area (Å²) in [5, 5.41) is 12.5. The minimum absolute atomic E-state index is 0.00336. The first-order chi connectivity index (χ1) is 20.7. The van der Waals surface area contributed by atoms with Crippen molar-refractivity contribution in [3.05, 3.63) is 48.3 Å². The van der Waals surface area contributed by atoms with E-state index in [4.69, 9.17) is 4.74 Å². The number of pyridine rings is 1. The zero-order valence-electron chi connectivity index (χ0n) is 24.6. The molecular weight excluding hydrogens is 633 g/mol. The average Bonchev–Trinajstić information content (AvgIpc) is 3.39. The third-order valence-corrected chi connectivity index (χ3v) is 9.14. The van der Waals surface area contributed by atoms with Gasteiger partial charge in [0.05, 0.1) is 12.6 Å². The van der Waals surface area contributed by atoms with Crippen LogP contribution in [0.5, 0.6) is 0 Å². The van der Waals surface area contributed by atoms with Crippen molar-refractivity contribution in [2.45, 2.75) is 67.2 Å². The highest BCUT2D eigenvalue weighted by Gasteiger charge is 2.65. The SMILES string of the molecule is CO[C@@H]1C[C@H](C(=O)N(c2ccc(S(F)(F)(F)(F)F)cc2)C(C(=O)NC2CCC(F)(F)CC2)c2cnccc2N(C)C)N(C#N)C1. The van der Waals surface area contributed by atoms with Crippen LogP contribution in [-0.4, -0.2) is 73.6 Å². The number of halogens is 7.